The van der Waals surface area contributed by atoms with Crippen molar-refractivity contribution in [3.63, 3.8) is 0 Å². The van der Waals surface area contributed by atoms with Crippen molar-refractivity contribution in [2.45, 2.75) is 38.7 Å². The van der Waals surface area contributed by atoms with Crippen molar-refractivity contribution in [3.05, 3.63) is 0 Å². The second kappa shape index (κ2) is 3.49. The monoisotopic (exact) mass is 218 g/mol. The van der Waals surface area contributed by atoms with Gasteiger partial charge >= 0.3 is 0 Å². The van der Waals surface area contributed by atoms with E-state index in [1.165, 1.54) is 25.7 Å². The molecule has 4 heteroatoms. The Bertz CT molecular complexity index is 309. The van der Waals surface area contributed by atoms with Crippen LogP contribution in [0.15, 0.2) is 0 Å². The van der Waals surface area contributed by atoms with Crippen LogP contribution < -0.4 is 0 Å². The highest BCUT2D eigenvalue weighted by Crippen LogP contribution is 2.50. The lowest BCUT2D eigenvalue weighted by Crippen LogP contribution is -2.27. The van der Waals surface area contributed by atoms with E-state index in [0.717, 1.165) is 18.1 Å². The van der Waals surface area contributed by atoms with E-state index < -0.39 is 10.1 Å². The Hall–Kier alpha value is -0.0900. The van der Waals surface area contributed by atoms with Gasteiger partial charge in [-0.25, -0.2) is 0 Å². The molecule has 2 rings (SSSR count). The van der Waals surface area contributed by atoms with Crippen LogP contribution in [0.2, 0.25) is 0 Å². The molecule has 0 heterocycles. The Morgan fingerprint density at radius 3 is 2.43 bits per heavy atom. The minimum atomic E-state index is -3.28. The molecule has 2 fully saturated rings. The smallest absolute Gasteiger partial charge is 0.264 e. The van der Waals surface area contributed by atoms with Crippen LogP contribution in [-0.4, -0.2) is 20.8 Å². The van der Waals surface area contributed by atoms with Crippen LogP contribution in [0.4, 0.5) is 0 Å². The highest BCUT2D eigenvalue weighted by molar-refractivity contribution is 7.86. The fourth-order valence-corrected chi connectivity index (χ4v) is 3.91. The Labute approximate surface area is 86.0 Å². The van der Waals surface area contributed by atoms with Crippen LogP contribution in [0.25, 0.3) is 0 Å². The maximum atomic E-state index is 11.0. The van der Waals surface area contributed by atoms with Gasteiger partial charge in [-0.15, -0.1) is 0 Å². The third kappa shape index (κ3) is 2.11. The summed E-state index contributed by atoms with van der Waals surface area (Å²) in [4.78, 5) is 0. The quantitative estimate of drug-likeness (QED) is 0.678. The molecule has 2 aliphatic carbocycles. The van der Waals surface area contributed by atoms with E-state index in [0.29, 0.717) is 5.92 Å². The van der Waals surface area contributed by atoms with Gasteiger partial charge in [0.15, 0.2) is 0 Å². The standard InChI is InChI=1S/C10H18O3S/c1-7(13-14(2,11)12)10-6-8-3-4-9(10)5-8/h7-10H,3-6H2,1-2H3. The number of rotatable bonds is 3. The summed E-state index contributed by atoms with van der Waals surface area (Å²) in [6, 6.07) is 0. The highest BCUT2D eigenvalue weighted by atomic mass is 32.2. The van der Waals surface area contributed by atoms with Gasteiger partial charge in [0.1, 0.15) is 0 Å². The largest absolute Gasteiger partial charge is 0.267 e. The van der Waals surface area contributed by atoms with Crippen molar-refractivity contribution in [3.8, 4) is 0 Å². The van der Waals surface area contributed by atoms with Crippen molar-refractivity contribution in [2.75, 3.05) is 6.26 Å². The van der Waals surface area contributed by atoms with Gasteiger partial charge in [0.2, 0.25) is 0 Å². The Morgan fingerprint density at radius 2 is 2.00 bits per heavy atom. The molecule has 14 heavy (non-hydrogen) atoms. The average Bonchev–Trinajstić information content (AvgIpc) is 2.59. The lowest BCUT2D eigenvalue weighted by molar-refractivity contribution is 0.119. The first kappa shape index (κ1) is 10.4. The number of hydrogen-bond donors (Lipinski definition) is 0. The number of fused-ring (bicyclic) bond motifs is 2. The van der Waals surface area contributed by atoms with Crippen molar-refractivity contribution >= 4 is 10.1 Å². The summed E-state index contributed by atoms with van der Waals surface area (Å²) in [5.41, 5.74) is 0. The minimum absolute atomic E-state index is 0.125. The van der Waals surface area contributed by atoms with E-state index >= 15 is 0 Å². The molecule has 3 nitrogen and oxygen atoms in total. The zero-order valence-electron chi connectivity index (χ0n) is 8.77. The average molecular weight is 218 g/mol. The second-order valence-corrected chi connectivity index (χ2v) is 6.44. The summed E-state index contributed by atoms with van der Waals surface area (Å²) in [6.07, 6.45) is 6.08. The van der Waals surface area contributed by atoms with Crippen molar-refractivity contribution in [1.29, 1.82) is 0 Å². The van der Waals surface area contributed by atoms with E-state index in [-0.39, 0.29) is 6.10 Å². The SMILES string of the molecule is CC(OS(C)(=O)=O)C1CC2CCC1C2. The van der Waals surface area contributed by atoms with E-state index in [9.17, 15) is 8.42 Å². The molecule has 0 spiro atoms. The summed E-state index contributed by atoms with van der Waals surface area (Å²) in [5.74, 6) is 2.04. The first-order valence-corrected chi connectivity index (χ1v) is 7.15. The van der Waals surface area contributed by atoms with Gasteiger partial charge in [0, 0.05) is 0 Å². The number of hydrogen-bond acceptors (Lipinski definition) is 3. The summed E-state index contributed by atoms with van der Waals surface area (Å²) in [7, 11) is -3.28. The third-order valence-electron chi connectivity index (χ3n) is 3.72. The molecule has 0 N–H and O–H groups in total. The zero-order chi connectivity index (χ0) is 10.3. The molecule has 0 saturated heterocycles. The van der Waals surface area contributed by atoms with Crippen LogP contribution in [-0.2, 0) is 14.3 Å². The van der Waals surface area contributed by atoms with Crippen molar-refractivity contribution in [2.24, 2.45) is 17.8 Å². The summed E-state index contributed by atoms with van der Waals surface area (Å²) < 4.78 is 27.0. The molecule has 0 aromatic carbocycles. The molecule has 0 radical (unpaired) electrons. The normalized spacial score (nSPS) is 38.9. The van der Waals surface area contributed by atoms with Crippen molar-refractivity contribution in [1.82, 2.24) is 0 Å². The lowest BCUT2D eigenvalue weighted by atomic mass is 9.85. The first-order chi connectivity index (χ1) is 6.46. The predicted octanol–water partition coefficient (Wildman–Crippen LogP) is 1.79. The van der Waals surface area contributed by atoms with E-state index in [2.05, 4.69) is 0 Å². The molecular formula is C10H18O3S. The molecule has 0 amide bonds. The van der Waals surface area contributed by atoms with E-state index in [1.54, 1.807) is 0 Å². The van der Waals surface area contributed by atoms with Crippen molar-refractivity contribution < 1.29 is 12.6 Å². The maximum absolute atomic E-state index is 11.0. The van der Waals surface area contributed by atoms with Gasteiger partial charge in [0.25, 0.3) is 10.1 Å². The van der Waals surface area contributed by atoms with E-state index in [1.807, 2.05) is 6.92 Å². The molecular weight excluding hydrogens is 200 g/mol. The van der Waals surface area contributed by atoms with Crippen LogP contribution in [0.5, 0.6) is 0 Å². The fourth-order valence-electron chi connectivity index (χ4n) is 3.22. The molecule has 0 aliphatic heterocycles. The third-order valence-corrected chi connectivity index (χ3v) is 4.38. The van der Waals surface area contributed by atoms with Crippen LogP contribution in [0, 0.1) is 17.8 Å². The lowest BCUT2D eigenvalue weighted by Gasteiger charge is -2.26. The Morgan fingerprint density at radius 1 is 1.29 bits per heavy atom. The predicted molar refractivity (Wildman–Crippen MR) is 54.3 cm³/mol. The van der Waals surface area contributed by atoms with Gasteiger partial charge in [-0.05, 0) is 43.9 Å². The van der Waals surface area contributed by atoms with Crippen LogP contribution in [0.1, 0.15) is 32.6 Å². The van der Waals surface area contributed by atoms with Gasteiger partial charge in [0.05, 0.1) is 12.4 Å². The van der Waals surface area contributed by atoms with Gasteiger partial charge < -0.3 is 0 Å². The maximum Gasteiger partial charge on any atom is 0.264 e. The molecule has 2 aliphatic rings. The summed E-state index contributed by atoms with van der Waals surface area (Å²) in [5, 5.41) is 0. The van der Waals surface area contributed by atoms with E-state index in [4.69, 9.17) is 4.18 Å². The first-order valence-electron chi connectivity index (χ1n) is 5.34. The molecule has 2 bridgehead atoms. The zero-order valence-corrected chi connectivity index (χ0v) is 9.59. The summed E-state index contributed by atoms with van der Waals surface area (Å²) in [6.45, 7) is 1.90. The molecule has 4 atom stereocenters. The van der Waals surface area contributed by atoms with Gasteiger partial charge in [-0.1, -0.05) is 6.42 Å². The fraction of sp³-hybridized carbons (Fsp3) is 1.00. The molecule has 82 valence electrons. The molecule has 2 saturated carbocycles. The highest BCUT2D eigenvalue weighted by Gasteiger charge is 2.42. The Balaban J connectivity index is 1.96. The minimum Gasteiger partial charge on any atom is -0.267 e. The second-order valence-electron chi connectivity index (χ2n) is 4.84. The Kier molecular flexibility index (Phi) is 2.60. The molecule has 0 aromatic heterocycles. The van der Waals surface area contributed by atoms with Crippen LogP contribution in [0.3, 0.4) is 0 Å². The van der Waals surface area contributed by atoms with Gasteiger partial charge in [-0.2, -0.15) is 8.42 Å². The molecule has 0 aromatic rings. The topological polar surface area (TPSA) is 43.4 Å². The van der Waals surface area contributed by atoms with Crippen LogP contribution >= 0.6 is 0 Å². The summed E-state index contributed by atoms with van der Waals surface area (Å²) >= 11 is 0. The van der Waals surface area contributed by atoms with Gasteiger partial charge in [-0.3, -0.25) is 4.18 Å². The molecule has 4 unspecified atom stereocenters.